The van der Waals surface area contributed by atoms with E-state index < -0.39 is 0 Å². The van der Waals surface area contributed by atoms with Crippen LogP contribution >= 0.6 is 0 Å². The van der Waals surface area contributed by atoms with E-state index in [-0.39, 0.29) is 5.54 Å². The second-order valence-corrected chi connectivity index (χ2v) is 6.76. The molecule has 2 nitrogen and oxygen atoms in total. The summed E-state index contributed by atoms with van der Waals surface area (Å²) in [6, 6.07) is 9.01. The second-order valence-electron chi connectivity index (χ2n) is 6.76. The summed E-state index contributed by atoms with van der Waals surface area (Å²) in [4.78, 5) is 2.54. The summed E-state index contributed by atoms with van der Waals surface area (Å²) in [5.41, 5.74) is 3.07. The Bertz CT molecular complexity index is 406. The molecule has 1 atom stereocenters. The molecule has 1 saturated heterocycles. The summed E-state index contributed by atoms with van der Waals surface area (Å²) >= 11 is 0. The van der Waals surface area contributed by atoms with Crippen LogP contribution in [0.3, 0.4) is 0 Å². The zero-order valence-electron chi connectivity index (χ0n) is 12.9. The molecule has 1 N–H and O–H groups in total. The maximum absolute atomic E-state index is 3.63. The maximum atomic E-state index is 3.63. The van der Waals surface area contributed by atoms with E-state index in [1.165, 1.54) is 30.8 Å². The fourth-order valence-corrected chi connectivity index (χ4v) is 2.66. The Hall–Kier alpha value is -1.02. The predicted molar refractivity (Wildman–Crippen MR) is 83.9 cm³/mol. The highest BCUT2D eigenvalue weighted by Gasteiger charge is 2.23. The van der Waals surface area contributed by atoms with Gasteiger partial charge >= 0.3 is 0 Å². The van der Waals surface area contributed by atoms with Crippen molar-refractivity contribution in [1.82, 2.24) is 5.32 Å². The van der Waals surface area contributed by atoms with Crippen LogP contribution in [0.25, 0.3) is 0 Å². The van der Waals surface area contributed by atoms with Crippen LogP contribution in [-0.2, 0) is 6.42 Å². The fourth-order valence-electron chi connectivity index (χ4n) is 2.66. The molecule has 0 aliphatic carbocycles. The van der Waals surface area contributed by atoms with E-state index in [9.17, 15) is 0 Å². The highest BCUT2D eigenvalue weighted by atomic mass is 15.2. The molecule has 1 fully saturated rings. The van der Waals surface area contributed by atoms with Gasteiger partial charge in [0.05, 0.1) is 0 Å². The van der Waals surface area contributed by atoms with Gasteiger partial charge in [-0.3, -0.25) is 0 Å². The Balaban J connectivity index is 1.90. The van der Waals surface area contributed by atoms with Crippen molar-refractivity contribution in [1.29, 1.82) is 0 Å². The van der Waals surface area contributed by atoms with Gasteiger partial charge in [0.15, 0.2) is 0 Å². The molecule has 1 aromatic carbocycles. The lowest BCUT2D eigenvalue weighted by Gasteiger charge is -2.24. The Labute approximate surface area is 118 Å². The van der Waals surface area contributed by atoms with Gasteiger partial charge in [-0.15, -0.1) is 0 Å². The SMILES string of the molecule is CCc1cccc(N2CCC(CNC(C)(C)C)C2)c1. The van der Waals surface area contributed by atoms with E-state index in [0.29, 0.717) is 0 Å². The van der Waals surface area contributed by atoms with Gasteiger partial charge in [0, 0.05) is 30.9 Å². The summed E-state index contributed by atoms with van der Waals surface area (Å²) < 4.78 is 0. The molecule has 1 aromatic rings. The van der Waals surface area contributed by atoms with Crippen LogP contribution in [0.5, 0.6) is 0 Å². The zero-order valence-corrected chi connectivity index (χ0v) is 12.9. The molecule has 0 spiro atoms. The first-order valence-electron chi connectivity index (χ1n) is 7.57. The van der Waals surface area contributed by atoms with Gasteiger partial charge in [-0.2, -0.15) is 0 Å². The van der Waals surface area contributed by atoms with E-state index in [1.54, 1.807) is 0 Å². The highest BCUT2D eigenvalue weighted by Crippen LogP contribution is 2.24. The minimum absolute atomic E-state index is 0.232. The molecular weight excluding hydrogens is 232 g/mol. The van der Waals surface area contributed by atoms with E-state index >= 15 is 0 Å². The Morgan fingerprint density at radius 2 is 2.11 bits per heavy atom. The van der Waals surface area contributed by atoms with Crippen molar-refractivity contribution in [3.8, 4) is 0 Å². The van der Waals surface area contributed by atoms with Crippen LogP contribution in [0.4, 0.5) is 5.69 Å². The van der Waals surface area contributed by atoms with Crippen molar-refractivity contribution < 1.29 is 0 Å². The molecular formula is C17H28N2. The fraction of sp³-hybridized carbons (Fsp3) is 0.647. The first-order chi connectivity index (χ1) is 8.98. The third kappa shape index (κ3) is 4.24. The van der Waals surface area contributed by atoms with Gasteiger partial charge < -0.3 is 10.2 Å². The van der Waals surface area contributed by atoms with Crippen LogP contribution in [0.2, 0.25) is 0 Å². The standard InChI is InChI=1S/C17H28N2/c1-5-14-7-6-8-16(11-14)19-10-9-15(13-19)12-18-17(2,3)4/h6-8,11,15,18H,5,9-10,12-13H2,1-4H3. The zero-order chi connectivity index (χ0) is 13.9. The lowest BCUT2D eigenvalue weighted by molar-refractivity contribution is 0.383. The van der Waals surface area contributed by atoms with Crippen LogP contribution in [0.1, 0.15) is 39.7 Å². The van der Waals surface area contributed by atoms with Crippen LogP contribution < -0.4 is 10.2 Å². The molecule has 1 unspecified atom stereocenters. The molecule has 1 aliphatic rings. The van der Waals surface area contributed by atoms with Crippen LogP contribution in [0.15, 0.2) is 24.3 Å². The van der Waals surface area contributed by atoms with E-state index in [4.69, 9.17) is 0 Å². The van der Waals surface area contributed by atoms with Gasteiger partial charge in [0.1, 0.15) is 0 Å². The summed E-state index contributed by atoms with van der Waals surface area (Å²) in [5.74, 6) is 0.782. The van der Waals surface area contributed by atoms with Crippen LogP contribution in [-0.4, -0.2) is 25.2 Å². The summed E-state index contributed by atoms with van der Waals surface area (Å²) in [7, 11) is 0. The average Bonchev–Trinajstić information content (AvgIpc) is 2.84. The predicted octanol–water partition coefficient (Wildman–Crippen LogP) is 3.46. The number of rotatable bonds is 4. The van der Waals surface area contributed by atoms with Crippen molar-refractivity contribution in [2.24, 2.45) is 5.92 Å². The maximum Gasteiger partial charge on any atom is 0.0369 e. The van der Waals surface area contributed by atoms with Gasteiger partial charge in [0.25, 0.3) is 0 Å². The van der Waals surface area contributed by atoms with Crippen molar-refractivity contribution in [2.45, 2.75) is 46.1 Å². The minimum atomic E-state index is 0.232. The molecule has 2 rings (SSSR count). The lowest BCUT2D eigenvalue weighted by atomic mass is 10.1. The van der Waals surface area contributed by atoms with Crippen molar-refractivity contribution >= 4 is 5.69 Å². The smallest absolute Gasteiger partial charge is 0.0369 e. The molecule has 0 radical (unpaired) electrons. The second kappa shape index (κ2) is 5.96. The summed E-state index contributed by atoms with van der Waals surface area (Å²) in [6.45, 7) is 12.5. The van der Waals surface area contributed by atoms with Gasteiger partial charge in [-0.25, -0.2) is 0 Å². The van der Waals surface area contributed by atoms with Gasteiger partial charge in [-0.05, 0) is 57.2 Å². The number of anilines is 1. The highest BCUT2D eigenvalue weighted by molar-refractivity contribution is 5.49. The third-order valence-corrected chi connectivity index (χ3v) is 3.89. The molecule has 0 bridgehead atoms. The quantitative estimate of drug-likeness (QED) is 0.892. The molecule has 0 amide bonds. The Morgan fingerprint density at radius 3 is 2.79 bits per heavy atom. The third-order valence-electron chi connectivity index (χ3n) is 3.89. The molecule has 19 heavy (non-hydrogen) atoms. The van der Waals surface area contributed by atoms with Gasteiger partial charge in [0.2, 0.25) is 0 Å². The summed E-state index contributed by atoms with van der Waals surface area (Å²) in [6.07, 6.45) is 2.43. The minimum Gasteiger partial charge on any atom is -0.371 e. The lowest BCUT2D eigenvalue weighted by Crippen LogP contribution is -2.39. The number of hydrogen-bond donors (Lipinski definition) is 1. The normalized spacial score (nSPS) is 20.0. The first-order valence-corrected chi connectivity index (χ1v) is 7.57. The number of nitrogens with one attached hydrogen (secondary N) is 1. The summed E-state index contributed by atoms with van der Waals surface area (Å²) in [5, 5.41) is 3.63. The van der Waals surface area contributed by atoms with E-state index in [0.717, 1.165) is 18.9 Å². The number of aryl methyl sites for hydroxylation is 1. The molecule has 2 heteroatoms. The van der Waals surface area contributed by atoms with Crippen LogP contribution in [0, 0.1) is 5.92 Å². The number of benzene rings is 1. The van der Waals surface area contributed by atoms with Crippen molar-refractivity contribution in [3.63, 3.8) is 0 Å². The molecule has 1 aliphatic heterocycles. The topological polar surface area (TPSA) is 15.3 Å². The number of hydrogen-bond acceptors (Lipinski definition) is 2. The average molecular weight is 260 g/mol. The van der Waals surface area contributed by atoms with Crippen molar-refractivity contribution in [3.05, 3.63) is 29.8 Å². The monoisotopic (exact) mass is 260 g/mol. The first kappa shape index (κ1) is 14.4. The van der Waals surface area contributed by atoms with Crippen molar-refractivity contribution in [2.75, 3.05) is 24.5 Å². The molecule has 0 aromatic heterocycles. The number of nitrogens with zero attached hydrogens (tertiary/aromatic N) is 1. The largest absolute Gasteiger partial charge is 0.371 e. The molecule has 1 heterocycles. The molecule has 106 valence electrons. The Morgan fingerprint density at radius 1 is 1.32 bits per heavy atom. The van der Waals surface area contributed by atoms with E-state index in [2.05, 4.69) is 62.2 Å². The Kier molecular flexibility index (Phi) is 4.51. The van der Waals surface area contributed by atoms with Gasteiger partial charge in [-0.1, -0.05) is 19.1 Å². The van der Waals surface area contributed by atoms with E-state index in [1.807, 2.05) is 0 Å². The molecule has 0 saturated carbocycles.